The van der Waals surface area contributed by atoms with E-state index >= 15 is 0 Å². The molecule has 0 bridgehead atoms. The lowest BCUT2D eigenvalue weighted by atomic mass is 9.98. The van der Waals surface area contributed by atoms with E-state index in [9.17, 15) is 17.6 Å². The van der Waals surface area contributed by atoms with E-state index < -0.39 is 23.3 Å². The quantitative estimate of drug-likeness (QED) is 0.157. The van der Waals surface area contributed by atoms with Crippen LogP contribution in [0.2, 0.25) is 0 Å². The Morgan fingerprint density at radius 1 is 0.595 bits per heavy atom. The van der Waals surface area contributed by atoms with Gasteiger partial charge < -0.3 is 9.47 Å². The molecule has 0 saturated heterocycles. The summed E-state index contributed by atoms with van der Waals surface area (Å²) < 4.78 is 69.5. The molecule has 0 spiro atoms. The second kappa shape index (κ2) is 12.0. The average molecular weight is 509 g/mol. The number of unbranched alkanes of at least 4 members (excludes halogenated alkanes) is 2. The van der Waals surface area contributed by atoms with Gasteiger partial charge >= 0.3 is 0 Å². The van der Waals surface area contributed by atoms with Crippen molar-refractivity contribution in [2.45, 2.75) is 39.7 Å². The molecule has 0 fully saturated rings. The fraction of sp³-hybridized carbons (Fsp3) is 0.226. The molecule has 6 heteroatoms. The zero-order valence-corrected chi connectivity index (χ0v) is 20.8. The smallest absolute Gasteiger partial charge is 0.201 e. The summed E-state index contributed by atoms with van der Waals surface area (Å²) in [6.45, 7) is 4.09. The molecule has 4 rings (SSSR count). The van der Waals surface area contributed by atoms with Crippen molar-refractivity contribution in [2.75, 3.05) is 6.61 Å². The Morgan fingerprint density at radius 3 is 1.78 bits per heavy atom. The predicted molar refractivity (Wildman–Crippen MR) is 138 cm³/mol. The van der Waals surface area contributed by atoms with Crippen molar-refractivity contribution < 1.29 is 27.0 Å². The van der Waals surface area contributed by atoms with Crippen molar-refractivity contribution in [1.82, 2.24) is 0 Å². The molecule has 0 unspecified atom stereocenters. The van der Waals surface area contributed by atoms with Crippen LogP contribution in [-0.2, 0) is 6.61 Å². The van der Waals surface area contributed by atoms with Gasteiger partial charge in [-0.05, 0) is 48.7 Å². The van der Waals surface area contributed by atoms with Crippen molar-refractivity contribution in [3.05, 3.63) is 107 Å². The Hall–Kier alpha value is -3.80. The molecule has 0 atom stereocenters. The molecule has 192 valence electrons. The first-order chi connectivity index (χ1) is 17.9. The zero-order chi connectivity index (χ0) is 26.4. The van der Waals surface area contributed by atoms with Crippen molar-refractivity contribution in [3.63, 3.8) is 0 Å². The van der Waals surface area contributed by atoms with E-state index in [2.05, 4.69) is 0 Å². The van der Waals surface area contributed by atoms with Crippen LogP contribution in [0.3, 0.4) is 0 Å². The van der Waals surface area contributed by atoms with Gasteiger partial charge in [0.05, 0.1) is 6.61 Å². The highest BCUT2D eigenvalue weighted by Gasteiger charge is 2.17. The Kier molecular flexibility index (Phi) is 8.49. The van der Waals surface area contributed by atoms with Crippen molar-refractivity contribution in [2.24, 2.45) is 0 Å². The molecule has 0 heterocycles. The summed E-state index contributed by atoms with van der Waals surface area (Å²) in [5.41, 5.74) is 2.43. The zero-order valence-electron chi connectivity index (χ0n) is 20.8. The molecule has 37 heavy (non-hydrogen) atoms. The van der Waals surface area contributed by atoms with Crippen LogP contribution in [0.1, 0.15) is 37.3 Å². The van der Waals surface area contributed by atoms with Crippen molar-refractivity contribution in [1.29, 1.82) is 0 Å². The van der Waals surface area contributed by atoms with Gasteiger partial charge in [-0.3, -0.25) is 0 Å². The number of benzene rings is 4. The highest BCUT2D eigenvalue weighted by molar-refractivity contribution is 5.72. The monoisotopic (exact) mass is 508 g/mol. The second-order valence-corrected chi connectivity index (χ2v) is 8.87. The molecule has 0 N–H and O–H groups in total. The molecule has 0 aromatic heterocycles. The van der Waals surface area contributed by atoms with Gasteiger partial charge in [0, 0.05) is 16.7 Å². The molecule has 0 amide bonds. The first-order valence-corrected chi connectivity index (χ1v) is 12.3. The van der Waals surface area contributed by atoms with Crippen LogP contribution in [0.15, 0.2) is 72.8 Å². The van der Waals surface area contributed by atoms with Crippen molar-refractivity contribution >= 4 is 0 Å². The Labute approximate surface area is 214 Å². The van der Waals surface area contributed by atoms with Crippen LogP contribution in [0, 0.1) is 30.2 Å². The van der Waals surface area contributed by atoms with Crippen LogP contribution < -0.4 is 9.47 Å². The fourth-order valence-electron chi connectivity index (χ4n) is 3.95. The summed E-state index contributed by atoms with van der Waals surface area (Å²) in [6, 6.07) is 19.4. The lowest BCUT2D eigenvalue weighted by Gasteiger charge is -2.12. The summed E-state index contributed by atoms with van der Waals surface area (Å²) in [4.78, 5) is 0. The van der Waals surface area contributed by atoms with E-state index in [0.29, 0.717) is 23.5 Å². The third kappa shape index (κ3) is 6.13. The van der Waals surface area contributed by atoms with Crippen LogP contribution in [-0.4, -0.2) is 6.61 Å². The summed E-state index contributed by atoms with van der Waals surface area (Å²) in [5, 5.41) is 0. The fourth-order valence-corrected chi connectivity index (χ4v) is 3.95. The van der Waals surface area contributed by atoms with Gasteiger partial charge in [-0.1, -0.05) is 73.9 Å². The third-order valence-corrected chi connectivity index (χ3v) is 6.14. The SMILES string of the molecule is CCCCCOc1ccc(COc2ccc(-c3ccc(-c4ccc(C)cc4)c(F)c3F)cc2)c(F)c1F. The largest absolute Gasteiger partial charge is 0.490 e. The summed E-state index contributed by atoms with van der Waals surface area (Å²) in [7, 11) is 0. The number of rotatable bonds is 10. The first kappa shape index (κ1) is 26.3. The summed E-state index contributed by atoms with van der Waals surface area (Å²) in [5.74, 6) is -3.67. The van der Waals surface area contributed by atoms with E-state index in [-0.39, 0.29) is 29.0 Å². The van der Waals surface area contributed by atoms with Crippen LogP contribution in [0.4, 0.5) is 17.6 Å². The molecule has 4 aromatic carbocycles. The molecule has 0 aliphatic rings. The van der Waals surface area contributed by atoms with E-state index in [1.54, 1.807) is 42.5 Å². The Morgan fingerprint density at radius 2 is 1.19 bits per heavy atom. The minimum atomic E-state index is -1.04. The minimum absolute atomic E-state index is 0.0438. The second-order valence-electron chi connectivity index (χ2n) is 8.87. The molecular weight excluding hydrogens is 480 g/mol. The predicted octanol–water partition coefficient (Wildman–Crippen LogP) is 9.03. The third-order valence-electron chi connectivity index (χ3n) is 6.14. The van der Waals surface area contributed by atoms with Gasteiger partial charge in [-0.2, -0.15) is 4.39 Å². The maximum absolute atomic E-state index is 14.9. The topological polar surface area (TPSA) is 18.5 Å². The maximum Gasteiger partial charge on any atom is 0.201 e. The van der Waals surface area contributed by atoms with E-state index in [0.717, 1.165) is 24.8 Å². The summed E-state index contributed by atoms with van der Waals surface area (Å²) >= 11 is 0. The van der Waals surface area contributed by atoms with Gasteiger partial charge in [0.15, 0.2) is 23.2 Å². The molecule has 0 aliphatic carbocycles. The molecule has 4 aromatic rings. The molecular formula is C31H28F4O2. The van der Waals surface area contributed by atoms with E-state index in [1.165, 1.54) is 18.2 Å². The lowest BCUT2D eigenvalue weighted by Crippen LogP contribution is -2.05. The van der Waals surface area contributed by atoms with Gasteiger partial charge in [0.2, 0.25) is 5.82 Å². The normalized spacial score (nSPS) is 11.0. The number of halogens is 4. The Bertz CT molecular complexity index is 1350. The molecule has 0 saturated carbocycles. The van der Waals surface area contributed by atoms with Gasteiger partial charge in [-0.15, -0.1) is 0 Å². The van der Waals surface area contributed by atoms with E-state index in [4.69, 9.17) is 9.47 Å². The standard InChI is InChI=1S/C31H28F4O2/c1-3-4-5-18-36-27-17-12-23(28(32)31(27)35)19-37-24-13-10-22(11-14-24)26-16-15-25(29(33)30(26)34)21-8-6-20(2)7-9-21/h6-17H,3-5,18-19H2,1-2H3. The first-order valence-electron chi connectivity index (χ1n) is 12.3. The highest BCUT2D eigenvalue weighted by atomic mass is 19.2. The average Bonchev–Trinajstić information content (AvgIpc) is 2.91. The van der Waals surface area contributed by atoms with Gasteiger partial charge in [0.25, 0.3) is 0 Å². The molecule has 0 radical (unpaired) electrons. The Balaban J connectivity index is 1.43. The van der Waals surface area contributed by atoms with Crippen LogP contribution in [0.5, 0.6) is 11.5 Å². The lowest BCUT2D eigenvalue weighted by molar-refractivity contribution is 0.277. The van der Waals surface area contributed by atoms with Gasteiger partial charge in [-0.25, -0.2) is 13.2 Å². The minimum Gasteiger partial charge on any atom is -0.490 e. The number of ether oxygens (including phenoxy) is 2. The molecule has 2 nitrogen and oxygen atoms in total. The van der Waals surface area contributed by atoms with Crippen LogP contribution in [0.25, 0.3) is 22.3 Å². The number of aryl methyl sites for hydroxylation is 1. The van der Waals surface area contributed by atoms with E-state index in [1.807, 2.05) is 26.0 Å². The molecule has 0 aliphatic heterocycles. The number of hydrogen-bond acceptors (Lipinski definition) is 2. The number of hydrogen-bond donors (Lipinski definition) is 0. The van der Waals surface area contributed by atoms with Crippen molar-refractivity contribution in [3.8, 4) is 33.8 Å². The summed E-state index contributed by atoms with van der Waals surface area (Å²) in [6.07, 6.45) is 2.73. The highest BCUT2D eigenvalue weighted by Crippen LogP contribution is 2.32. The van der Waals surface area contributed by atoms with Crippen LogP contribution >= 0.6 is 0 Å². The van der Waals surface area contributed by atoms with Gasteiger partial charge in [0.1, 0.15) is 12.4 Å². The maximum atomic E-state index is 14.9.